The van der Waals surface area contributed by atoms with Crippen molar-refractivity contribution in [3.63, 3.8) is 0 Å². The number of aliphatic hydroxyl groups is 1. The summed E-state index contributed by atoms with van der Waals surface area (Å²) in [6.07, 6.45) is 0.522. The molecule has 1 unspecified atom stereocenters. The number of aliphatic hydroxyl groups excluding tert-OH is 1. The molecule has 0 aromatic heterocycles. The van der Waals surface area contributed by atoms with E-state index >= 15 is 0 Å². The summed E-state index contributed by atoms with van der Waals surface area (Å²) in [5, 5.41) is 15.8. The zero-order valence-corrected chi connectivity index (χ0v) is 15.6. The van der Waals surface area contributed by atoms with Crippen LogP contribution < -0.4 is 21.5 Å². The van der Waals surface area contributed by atoms with Crippen LogP contribution in [0.4, 0.5) is 5.69 Å². The third kappa shape index (κ3) is 8.62. The van der Waals surface area contributed by atoms with Gasteiger partial charge in [-0.2, -0.15) is 0 Å². The van der Waals surface area contributed by atoms with Crippen LogP contribution in [0.5, 0.6) is 5.75 Å². The molecule has 0 bridgehead atoms. The highest BCUT2D eigenvalue weighted by molar-refractivity contribution is 5.99. The van der Waals surface area contributed by atoms with Crippen molar-refractivity contribution < 1.29 is 19.4 Å². The molecule has 142 valence electrons. The summed E-state index contributed by atoms with van der Waals surface area (Å²) < 4.78 is 5.58. The van der Waals surface area contributed by atoms with Gasteiger partial charge in [-0.25, -0.2) is 0 Å². The zero-order chi connectivity index (χ0) is 18.1. The topological polar surface area (TPSA) is 123 Å². The second kappa shape index (κ2) is 11.6. The molecule has 0 saturated heterocycles. The van der Waals surface area contributed by atoms with E-state index in [9.17, 15) is 14.7 Å². The summed E-state index contributed by atoms with van der Waals surface area (Å²) in [7, 11) is 0. The van der Waals surface area contributed by atoms with E-state index in [1.54, 1.807) is 18.2 Å². The van der Waals surface area contributed by atoms with Crippen LogP contribution in [0.15, 0.2) is 18.2 Å². The minimum atomic E-state index is -0.670. The van der Waals surface area contributed by atoms with Gasteiger partial charge in [-0.05, 0) is 31.5 Å². The molecular weight excluding hydrogens is 322 g/mol. The van der Waals surface area contributed by atoms with Gasteiger partial charge in [0.25, 0.3) is 0 Å². The quantitative estimate of drug-likeness (QED) is 0.479. The van der Waals surface area contributed by atoms with Gasteiger partial charge in [-0.3, -0.25) is 9.59 Å². The molecule has 0 aliphatic carbocycles. The van der Waals surface area contributed by atoms with E-state index in [0.717, 1.165) is 6.42 Å². The highest BCUT2D eigenvalue weighted by Crippen LogP contribution is 2.24. The second-order valence-electron chi connectivity index (χ2n) is 6.09. The number of hydrogen-bond acceptors (Lipinski definition) is 6. The summed E-state index contributed by atoms with van der Waals surface area (Å²) in [4.78, 5) is 23.5. The molecule has 0 radical (unpaired) electrons. The summed E-state index contributed by atoms with van der Waals surface area (Å²) in [5.74, 6) is 0.154. The molecule has 25 heavy (non-hydrogen) atoms. The molecule has 0 aliphatic heterocycles. The number of carbonyl (C=O) groups is 2. The van der Waals surface area contributed by atoms with Gasteiger partial charge < -0.3 is 26.6 Å². The number of amides is 1. The third-order valence-corrected chi connectivity index (χ3v) is 3.31. The Morgan fingerprint density at radius 1 is 1.28 bits per heavy atom. The van der Waals surface area contributed by atoms with Crippen molar-refractivity contribution in [1.82, 2.24) is 11.5 Å². The van der Waals surface area contributed by atoms with Crippen molar-refractivity contribution in [2.24, 2.45) is 0 Å². The first-order valence-electron chi connectivity index (χ1n) is 8.32. The van der Waals surface area contributed by atoms with E-state index in [4.69, 9.17) is 4.74 Å². The molecule has 1 amide bonds. The number of rotatable bonds is 10. The van der Waals surface area contributed by atoms with Crippen molar-refractivity contribution in [3.05, 3.63) is 23.8 Å². The largest absolute Gasteiger partial charge is 0.490 e. The predicted molar refractivity (Wildman–Crippen MR) is 99.6 cm³/mol. The van der Waals surface area contributed by atoms with Crippen LogP contribution in [-0.4, -0.2) is 42.1 Å². The van der Waals surface area contributed by atoms with Gasteiger partial charge in [-0.1, -0.05) is 20.8 Å². The van der Waals surface area contributed by atoms with Gasteiger partial charge in [0.2, 0.25) is 5.91 Å². The van der Waals surface area contributed by atoms with Gasteiger partial charge in [0.1, 0.15) is 18.5 Å². The Balaban J connectivity index is 0.00000576. The van der Waals surface area contributed by atoms with E-state index in [2.05, 4.69) is 10.6 Å². The van der Waals surface area contributed by atoms with Crippen molar-refractivity contribution >= 4 is 17.4 Å². The minimum Gasteiger partial charge on any atom is -0.490 e. The molecule has 0 heterocycles. The smallest absolute Gasteiger partial charge is 0.224 e. The lowest BCUT2D eigenvalue weighted by Crippen LogP contribution is -2.35. The van der Waals surface area contributed by atoms with Gasteiger partial charge in [0.15, 0.2) is 5.78 Å². The fourth-order valence-corrected chi connectivity index (χ4v) is 2.08. The first kappa shape index (κ1) is 23.0. The molecule has 0 saturated carbocycles. The van der Waals surface area contributed by atoms with E-state index in [0.29, 0.717) is 30.0 Å². The third-order valence-electron chi connectivity index (χ3n) is 3.31. The zero-order valence-electron chi connectivity index (χ0n) is 15.6. The Labute approximate surface area is 149 Å². The van der Waals surface area contributed by atoms with Crippen LogP contribution in [0.2, 0.25) is 0 Å². The number of ketones is 1. The Hall–Kier alpha value is -1.96. The molecule has 0 fully saturated rings. The number of hydrogen-bond donors (Lipinski definition) is 4. The Morgan fingerprint density at radius 2 is 1.96 bits per heavy atom. The number of ether oxygens (including phenoxy) is 1. The monoisotopic (exact) mass is 353 g/mol. The predicted octanol–water partition coefficient (Wildman–Crippen LogP) is 2.53. The molecule has 7 heteroatoms. The van der Waals surface area contributed by atoms with E-state index < -0.39 is 6.10 Å². The molecular formula is C18H31N3O4. The lowest BCUT2D eigenvalue weighted by Gasteiger charge is -2.17. The molecule has 6 N–H and O–H groups in total. The van der Waals surface area contributed by atoms with Crippen LogP contribution in [0, 0.1) is 0 Å². The lowest BCUT2D eigenvalue weighted by molar-refractivity contribution is -0.116. The van der Waals surface area contributed by atoms with Crippen LogP contribution in [0.1, 0.15) is 50.9 Å². The maximum Gasteiger partial charge on any atom is 0.224 e. The Bertz CT molecular complexity index is 561. The molecule has 0 aliphatic rings. The summed E-state index contributed by atoms with van der Waals surface area (Å²) in [6, 6.07) is 5.21. The van der Waals surface area contributed by atoms with Crippen molar-refractivity contribution in [2.75, 3.05) is 18.5 Å². The average Bonchev–Trinajstić information content (AvgIpc) is 2.51. The molecule has 1 atom stereocenters. The maximum atomic E-state index is 11.8. The fraction of sp³-hybridized carbons (Fsp3) is 0.556. The molecule has 1 aromatic carbocycles. The minimum absolute atomic E-state index is 0. The normalized spacial score (nSPS) is 11.6. The molecule has 0 spiro atoms. The van der Waals surface area contributed by atoms with Gasteiger partial charge in [0.05, 0.1) is 5.56 Å². The van der Waals surface area contributed by atoms with Crippen molar-refractivity contribution in [3.8, 4) is 5.75 Å². The maximum absolute atomic E-state index is 11.8. The summed E-state index contributed by atoms with van der Waals surface area (Å²) >= 11 is 0. The highest BCUT2D eigenvalue weighted by Gasteiger charge is 2.13. The average molecular weight is 353 g/mol. The number of carbonyl (C=O) groups excluding carboxylic acids is 2. The van der Waals surface area contributed by atoms with E-state index in [1.165, 1.54) is 6.92 Å². The molecule has 1 rings (SSSR count). The van der Waals surface area contributed by atoms with Crippen LogP contribution in [0.3, 0.4) is 0 Å². The second-order valence-corrected chi connectivity index (χ2v) is 6.09. The van der Waals surface area contributed by atoms with Crippen LogP contribution in [0.25, 0.3) is 0 Å². The number of Topliss-reactive ketones (excluding diaryl/α,β-unsaturated/α-hetero) is 1. The first-order chi connectivity index (χ1) is 11.3. The van der Waals surface area contributed by atoms with Gasteiger partial charge >= 0.3 is 0 Å². The van der Waals surface area contributed by atoms with Crippen LogP contribution in [-0.2, 0) is 4.79 Å². The summed E-state index contributed by atoms with van der Waals surface area (Å²) in [5.41, 5.74) is 0.946. The summed E-state index contributed by atoms with van der Waals surface area (Å²) in [6.45, 7) is 7.85. The Morgan fingerprint density at radius 3 is 2.52 bits per heavy atom. The van der Waals surface area contributed by atoms with E-state index in [-0.39, 0.29) is 30.5 Å². The van der Waals surface area contributed by atoms with Crippen molar-refractivity contribution in [1.29, 1.82) is 0 Å². The number of nitrogens with one attached hydrogen (secondary N) is 2. The Kier molecular flexibility index (Phi) is 10.7. The number of benzene rings is 1. The van der Waals surface area contributed by atoms with E-state index in [1.807, 2.05) is 20.8 Å². The molecule has 1 aromatic rings. The SMILES string of the molecule is CCCC(=O)Nc1ccc(OCC(O)CNC(C)C)c(C(C)=O)c1.N. The lowest BCUT2D eigenvalue weighted by atomic mass is 10.1. The van der Waals surface area contributed by atoms with Gasteiger partial charge in [0, 0.05) is 24.7 Å². The fourth-order valence-electron chi connectivity index (χ4n) is 2.08. The van der Waals surface area contributed by atoms with Gasteiger partial charge in [-0.15, -0.1) is 0 Å². The first-order valence-corrected chi connectivity index (χ1v) is 8.32. The van der Waals surface area contributed by atoms with Crippen molar-refractivity contribution in [2.45, 2.75) is 52.7 Å². The molecule has 7 nitrogen and oxygen atoms in total. The standard InChI is InChI=1S/C18H28N2O4.H3N/c1-5-6-18(23)20-14-7-8-17(16(9-14)13(4)21)24-11-15(22)10-19-12(2)3;/h7-9,12,15,19,22H,5-6,10-11H2,1-4H3,(H,20,23);1H3. The number of anilines is 1. The highest BCUT2D eigenvalue weighted by atomic mass is 16.5. The van der Waals surface area contributed by atoms with Crippen LogP contribution >= 0.6 is 0 Å².